The molecule has 2 aromatic rings. The Hall–Kier alpha value is -0.580. The Morgan fingerprint density at radius 2 is 1.95 bits per heavy atom. The zero-order valence-electron chi connectivity index (χ0n) is 11.2. The van der Waals surface area contributed by atoms with Crippen LogP contribution in [0, 0.1) is 0 Å². The fourth-order valence-electron chi connectivity index (χ4n) is 2.00. The summed E-state index contributed by atoms with van der Waals surface area (Å²) in [6, 6.07) is 3.59. The van der Waals surface area contributed by atoms with Crippen LogP contribution in [0.3, 0.4) is 0 Å². The molecule has 7 heteroatoms. The molecule has 2 heterocycles. The molecule has 20 heavy (non-hydrogen) atoms. The summed E-state index contributed by atoms with van der Waals surface area (Å²) in [4.78, 5) is 4.33. The van der Waals surface area contributed by atoms with E-state index in [2.05, 4.69) is 36.8 Å². The van der Waals surface area contributed by atoms with Crippen molar-refractivity contribution in [3.8, 4) is 11.5 Å². The molecule has 4 nitrogen and oxygen atoms in total. The number of rotatable bonds is 4. The van der Waals surface area contributed by atoms with E-state index in [4.69, 9.17) is 10.2 Å². The van der Waals surface area contributed by atoms with Gasteiger partial charge < -0.3 is 14.7 Å². The summed E-state index contributed by atoms with van der Waals surface area (Å²) in [6.07, 6.45) is 2.74. The van der Waals surface area contributed by atoms with Crippen LogP contribution in [-0.2, 0) is 4.57 Å². The second kappa shape index (κ2) is 6.04. The van der Waals surface area contributed by atoms with Gasteiger partial charge >= 0.3 is 0 Å². The topological polar surface area (TPSA) is 69.1 Å². The first kappa shape index (κ1) is 15.8. The number of hydrogen-bond donors (Lipinski definition) is 1. The van der Waals surface area contributed by atoms with E-state index in [0.717, 1.165) is 9.78 Å². The summed E-state index contributed by atoms with van der Waals surface area (Å²) in [5.74, 6) is 0.900. The Balaban J connectivity index is 2.65. The summed E-state index contributed by atoms with van der Waals surface area (Å²) >= 11 is 6.78. The van der Waals surface area contributed by atoms with E-state index in [9.17, 15) is 4.57 Å². The highest BCUT2D eigenvalue weighted by molar-refractivity contribution is 9.11. The molecule has 0 aliphatic carbocycles. The first-order valence-electron chi connectivity index (χ1n) is 6.21. The van der Waals surface area contributed by atoms with Gasteiger partial charge in [-0.25, -0.2) is 4.98 Å². The Kier molecular flexibility index (Phi) is 4.77. The summed E-state index contributed by atoms with van der Waals surface area (Å²) in [6.45, 7) is 3.86. The van der Waals surface area contributed by atoms with Crippen molar-refractivity contribution in [1.82, 2.24) is 4.98 Å². The first-order valence-corrected chi connectivity index (χ1v) is 9.87. The average molecular weight is 422 g/mol. The van der Waals surface area contributed by atoms with Crippen LogP contribution < -0.4 is 11.0 Å². The van der Waals surface area contributed by atoms with Gasteiger partial charge in [-0.1, -0.05) is 13.8 Å². The highest BCUT2D eigenvalue weighted by atomic mass is 79.9. The van der Waals surface area contributed by atoms with Crippen molar-refractivity contribution in [2.24, 2.45) is 0 Å². The average Bonchev–Trinajstić information content (AvgIpc) is 2.91. The molecule has 0 saturated carbocycles. The van der Waals surface area contributed by atoms with Crippen molar-refractivity contribution in [3.05, 3.63) is 27.3 Å². The lowest BCUT2D eigenvalue weighted by molar-refractivity contribution is 0.576. The molecular formula is C13H15Br2N2O2P. The summed E-state index contributed by atoms with van der Waals surface area (Å²) < 4.78 is 19.9. The fourth-order valence-corrected chi connectivity index (χ4v) is 5.12. The van der Waals surface area contributed by atoms with Crippen molar-refractivity contribution >= 4 is 50.1 Å². The van der Waals surface area contributed by atoms with E-state index < -0.39 is 7.14 Å². The highest BCUT2D eigenvalue weighted by Gasteiger charge is 2.28. The monoisotopic (exact) mass is 420 g/mol. The van der Waals surface area contributed by atoms with Gasteiger partial charge in [-0.3, -0.25) is 0 Å². The van der Waals surface area contributed by atoms with Crippen molar-refractivity contribution < 1.29 is 8.98 Å². The molecule has 0 aromatic carbocycles. The largest absolute Gasteiger partial charge is 0.462 e. The van der Waals surface area contributed by atoms with Crippen LogP contribution in [0.1, 0.15) is 13.8 Å². The molecule has 2 aromatic heterocycles. The second-order valence-electron chi connectivity index (χ2n) is 4.34. The number of anilines is 1. The van der Waals surface area contributed by atoms with E-state index >= 15 is 0 Å². The molecule has 0 atom stereocenters. The van der Waals surface area contributed by atoms with E-state index in [0.29, 0.717) is 34.1 Å². The summed E-state index contributed by atoms with van der Waals surface area (Å²) in [5, 5.41) is 0.734. The molecule has 0 spiro atoms. The number of halogens is 2. The molecule has 0 bridgehead atoms. The van der Waals surface area contributed by atoms with Gasteiger partial charge in [0.15, 0.2) is 5.76 Å². The smallest absolute Gasteiger partial charge is 0.164 e. The Morgan fingerprint density at radius 3 is 2.55 bits per heavy atom. The summed E-state index contributed by atoms with van der Waals surface area (Å²) in [5.41, 5.74) is 6.41. The van der Waals surface area contributed by atoms with Crippen LogP contribution in [-0.4, -0.2) is 17.3 Å². The molecular weight excluding hydrogens is 407 g/mol. The number of nitrogen functional groups attached to an aromatic ring is 1. The predicted molar refractivity (Wildman–Crippen MR) is 90.1 cm³/mol. The second-order valence-corrected chi connectivity index (χ2v) is 9.58. The van der Waals surface area contributed by atoms with Crippen LogP contribution in [0.25, 0.3) is 11.5 Å². The first-order chi connectivity index (χ1) is 9.42. The van der Waals surface area contributed by atoms with Crippen LogP contribution in [0.2, 0.25) is 0 Å². The molecule has 0 aliphatic heterocycles. The van der Waals surface area contributed by atoms with Gasteiger partial charge in [0.25, 0.3) is 0 Å². The van der Waals surface area contributed by atoms with Crippen molar-refractivity contribution in [1.29, 1.82) is 0 Å². The number of furan rings is 1. The zero-order chi connectivity index (χ0) is 14.9. The van der Waals surface area contributed by atoms with Gasteiger partial charge in [-0.2, -0.15) is 0 Å². The molecule has 0 radical (unpaired) electrons. The van der Waals surface area contributed by atoms with Gasteiger partial charge in [0, 0.05) is 16.8 Å². The SMILES string of the molecule is CCP(=O)(CC)c1ccoc1-c1nc(N)c(Br)cc1Br. The zero-order valence-corrected chi connectivity index (χ0v) is 15.3. The molecule has 0 fully saturated rings. The quantitative estimate of drug-likeness (QED) is 0.739. The lowest BCUT2D eigenvalue weighted by Crippen LogP contribution is -2.10. The third-order valence-corrected chi connectivity index (χ3v) is 7.79. The third kappa shape index (κ3) is 2.74. The molecule has 2 rings (SSSR count). The minimum absolute atomic E-state index is 0.369. The number of hydrogen-bond acceptors (Lipinski definition) is 4. The molecule has 0 aliphatic rings. The lowest BCUT2D eigenvalue weighted by Gasteiger charge is -2.14. The number of nitrogens with zero attached hydrogens (tertiary/aromatic N) is 1. The minimum atomic E-state index is -2.44. The van der Waals surface area contributed by atoms with Crippen LogP contribution >= 0.6 is 39.0 Å². The van der Waals surface area contributed by atoms with Crippen molar-refractivity contribution in [2.45, 2.75) is 13.8 Å². The lowest BCUT2D eigenvalue weighted by atomic mass is 10.3. The fraction of sp³-hybridized carbons (Fsp3) is 0.308. The van der Waals surface area contributed by atoms with E-state index in [1.54, 1.807) is 12.3 Å². The van der Waals surface area contributed by atoms with Gasteiger partial charge in [-0.05, 0) is 44.0 Å². The standard InChI is InChI=1S/C13H15Br2N2O2P/c1-3-20(18,4-2)10-5-6-19-12(10)11-8(14)7-9(15)13(16)17-11/h5-7H,3-4H2,1-2H3,(H2,16,17). The minimum Gasteiger partial charge on any atom is -0.462 e. The van der Waals surface area contributed by atoms with Gasteiger partial charge in [0.05, 0.1) is 16.0 Å². The van der Waals surface area contributed by atoms with Crippen molar-refractivity contribution in [2.75, 3.05) is 18.1 Å². The van der Waals surface area contributed by atoms with Gasteiger partial charge in [0.1, 0.15) is 18.7 Å². The highest BCUT2D eigenvalue weighted by Crippen LogP contribution is 2.47. The maximum atomic E-state index is 12.9. The molecule has 2 N–H and O–H groups in total. The van der Waals surface area contributed by atoms with Crippen LogP contribution in [0.5, 0.6) is 0 Å². The van der Waals surface area contributed by atoms with Crippen LogP contribution in [0.15, 0.2) is 31.8 Å². The predicted octanol–water partition coefficient (Wildman–Crippen LogP) is 4.48. The van der Waals surface area contributed by atoms with E-state index in [1.807, 2.05) is 19.9 Å². The third-order valence-electron chi connectivity index (χ3n) is 3.28. The molecule has 0 saturated heterocycles. The van der Waals surface area contributed by atoms with E-state index in [1.165, 1.54) is 0 Å². The molecule has 108 valence electrons. The van der Waals surface area contributed by atoms with Gasteiger partial charge in [-0.15, -0.1) is 0 Å². The number of aromatic nitrogens is 1. The van der Waals surface area contributed by atoms with Crippen LogP contribution in [0.4, 0.5) is 5.82 Å². The number of nitrogens with two attached hydrogens (primary N) is 1. The van der Waals surface area contributed by atoms with Crippen molar-refractivity contribution in [3.63, 3.8) is 0 Å². The maximum absolute atomic E-state index is 12.9. The Bertz CT molecular complexity index is 677. The Labute approximate surface area is 134 Å². The summed E-state index contributed by atoms with van der Waals surface area (Å²) in [7, 11) is -2.44. The molecule has 0 amide bonds. The normalized spacial score (nSPS) is 11.8. The number of pyridine rings is 1. The van der Waals surface area contributed by atoms with E-state index in [-0.39, 0.29) is 0 Å². The Morgan fingerprint density at radius 1 is 1.30 bits per heavy atom. The molecule has 0 unspecified atom stereocenters. The maximum Gasteiger partial charge on any atom is 0.164 e. The van der Waals surface area contributed by atoms with Gasteiger partial charge in [0.2, 0.25) is 0 Å².